The number of benzene rings is 1. The van der Waals surface area contributed by atoms with Crippen molar-refractivity contribution >= 4 is 17.7 Å². The number of nitrogen functional groups attached to an aromatic ring is 1. The average molecular weight is 361 g/mol. The minimum atomic E-state index is 0.124. The molecule has 2 aromatic rings. The molecule has 0 radical (unpaired) electrons. The lowest BCUT2D eigenvalue weighted by atomic mass is 10.1. The Hall–Kier alpha value is -2.22. The van der Waals surface area contributed by atoms with E-state index in [9.17, 15) is 4.79 Å². The molecule has 1 fully saturated rings. The van der Waals surface area contributed by atoms with Crippen molar-refractivity contribution in [2.75, 3.05) is 24.7 Å². The lowest BCUT2D eigenvalue weighted by Crippen LogP contribution is -2.29. The van der Waals surface area contributed by atoms with E-state index in [1.807, 2.05) is 30.9 Å². The third-order valence-electron chi connectivity index (χ3n) is 4.21. The van der Waals surface area contributed by atoms with Crippen LogP contribution in [0.1, 0.15) is 29.8 Å². The predicted molar refractivity (Wildman–Crippen MR) is 97.0 cm³/mol. The number of rotatable bonds is 6. The Labute approximate surface area is 151 Å². The Balaban J connectivity index is 1.56. The maximum atomic E-state index is 12.1. The molecule has 1 amide bonds. The fourth-order valence-electron chi connectivity index (χ4n) is 2.79. The Bertz CT molecular complexity index is 755. The van der Waals surface area contributed by atoms with Gasteiger partial charge in [0.1, 0.15) is 12.4 Å². The number of hydrogen-bond acceptors (Lipinski definition) is 6. The Kier molecular flexibility index (Phi) is 5.47. The third kappa shape index (κ3) is 4.25. The highest BCUT2D eigenvalue weighted by Gasteiger charge is 2.19. The summed E-state index contributed by atoms with van der Waals surface area (Å²) in [5.74, 6) is 7.81. The summed E-state index contributed by atoms with van der Waals surface area (Å²) in [6.07, 6.45) is 2.17. The Morgan fingerprint density at radius 1 is 1.28 bits per heavy atom. The van der Waals surface area contributed by atoms with Gasteiger partial charge < -0.3 is 15.5 Å². The second-order valence-corrected chi connectivity index (χ2v) is 7.15. The minimum Gasteiger partial charge on any atom is -0.485 e. The summed E-state index contributed by atoms with van der Waals surface area (Å²) in [6, 6.07) is 6.00. The molecular weight excluding hydrogens is 338 g/mol. The summed E-state index contributed by atoms with van der Waals surface area (Å²) in [4.78, 5) is 14.0. The number of aromatic nitrogens is 3. The van der Waals surface area contributed by atoms with Crippen molar-refractivity contribution in [3.8, 4) is 5.75 Å². The number of carbonyl (C=O) groups excluding carboxylic acids is 1. The van der Waals surface area contributed by atoms with Crippen LogP contribution in [0.5, 0.6) is 5.75 Å². The molecule has 0 saturated carbocycles. The van der Waals surface area contributed by atoms with E-state index in [1.165, 1.54) is 22.0 Å². The van der Waals surface area contributed by atoms with Gasteiger partial charge in [0, 0.05) is 13.1 Å². The van der Waals surface area contributed by atoms with Crippen LogP contribution < -0.4 is 10.6 Å². The molecule has 3 rings (SSSR count). The molecule has 1 aliphatic heterocycles. The number of ether oxygens (including phenoxy) is 1. The highest BCUT2D eigenvalue weighted by Crippen LogP contribution is 2.21. The van der Waals surface area contributed by atoms with E-state index in [1.54, 1.807) is 0 Å². The zero-order valence-electron chi connectivity index (χ0n) is 14.6. The molecule has 2 N–H and O–H groups in total. The first-order valence-electron chi connectivity index (χ1n) is 8.34. The highest BCUT2D eigenvalue weighted by molar-refractivity contribution is 7.99. The van der Waals surface area contributed by atoms with Gasteiger partial charge in [0.05, 0.1) is 5.75 Å². The standard InChI is InChI=1S/C17H23N5O2S/c1-12-5-6-14(13(2)9-12)24-10-15-19-20-17(22(15)18)25-11-16(23)21-7-3-4-8-21/h5-6,9H,3-4,7-8,10-11,18H2,1-2H3. The summed E-state index contributed by atoms with van der Waals surface area (Å²) in [6.45, 7) is 5.97. The average Bonchev–Trinajstić information content (AvgIpc) is 3.23. The van der Waals surface area contributed by atoms with E-state index >= 15 is 0 Å². The Morgan fingerprint density at radius 3 is 2.76 bits per heavy atom. The predicted octanol–water partition coefficient (Wildman–Crippen LogP) is 1.90. The van der Waals surface area contributed by atoms with Crippen LogP contribution in [0.25, 0.3) is 0 Å². The van der Waals surface area contributed by atoms with Gasteiger partial charge in [-0.1, -0.05) is 29.5 Å². The van der Waals surface area contributed by atoms with Gasteiger partial charge in [-0.05, 0) is 38.3 Å². The van der Waals surface area contributed by atoms with Crippen molar-refractivity contribution in [2.45, 2.75) is 38.5 Å². The lowest BCUT2D eigenvalue weighted by molar-refractivity contribution is -0.127. The van der Waals surface area contributed by atoms with Crippen LogP contribution in [0.15, 0.2) is 23.4 Å². The first-order valence-corrected chi connectivity index (χ1v) is 9.33. The number of aryl methyl sites for hydroxylation is 2. The van der Waals surface area contributed by atoms with Crippen LogP contribution >= 0.6 is 11.8 Å². The number of carbonyl (C=O) groups is 1. The molecule has 0 bridgehead atoms. The van der Waals surface area contributed by atoms with E-state index in [2.05, 4.69) is 16.3 Å². The van der Waals surface area contributed by atoms with Gasteiger partial charge in [0.25, 0.3) is 0 Å². The largest absolute Gasteiger partial charge is 0.485 e. The molecule has 1 aromatic carbocycles. The van der Waals surface area contributed by atoms with Crippen LogP contribution in [0, 0.1) is 13.8 Å². The van der Waals surface area contributed by atoms with Gasteiger partial charge in [-0.2, -0.15) is 0 Å². The second-order valence-electron chi connectivity index (χ2n) is 6.20. The molecule has 7 nitrogen and oxygen atoms in total. The molecule has 0 spiro atoms. The maximum Gasteiger partial charge on any atom is 0.233 e. The smallest absolute Gasteiger partial charge is 0.233 e. The summed E-state index contributed by atoms with van der Waals surface area (Å²) >= 11 is 1.31. The monoisotopic (exact) mass is 361 g/mol. The molecular formula is C17H23N5O2S. The van der Waals surface area contributed by atoms with E-state index < -0.39 is 0 Å². The highest BCUT2D eigenvalue weighted by atomic mass is 32.2. The maximum absolute atomic E-state index is 12.1. The van der Waals surface area contributed by atoms with Gasteiger partial charge in [0.15, 0.2) is 5.82 Å². The van der Waals surface area contributed by atoms with E-state index in [-0.39, 0.29) is 12.5 Å². The van der Waals surface area contributed by atoms with Crippen molar-refractivity contribution in [3.63, 3.8) is 0 Å². The van der Waals surface area contributed by atoms with E-state index in [0.29, 0.717) is 16.7 Å². The zero-order valence-corrected chi connectivity index (χ0v) is 15.4. The number of thioether (sulfide) groups is 1. The molecule has 134 valence electrons. The lowest BCUT2D eigenvalue weighted by Gasteiger charge is -2.14. The van der Waals surface area contributed by atoms with Gasteiger partial charge in [0.2, 0.25) is 11.1 Å². The fraction of sp³-hybridized carbons (Fsp3) is 0.471. The molecule has 25 heavy (non-hydrogen) atoms. The summed E-state index contributed by atoms with van der Waals surface area (Å²) in [7, 11) is 0. The van der Waals surface area contributed by atoms with E-state index in [0.717, 1.165) is 37.2 Å². The third-order valence-corrected chi connectivity index (χ3v) is 5.13. The number of nitrogens with two attached hydrogens (primary N) is 1. The number of nitrogens with zero attached hydrogens (tertiary/aromatic N) is 4. The van der Waals surface area contributed by atoms with Crippen molar-refractivity contribution < 1.29 is 9.53 Å². The topological polar surface area (TPSA) is 86.3 Å². The molecule has 1 saturated heterocycles. The van der Waals surface area contributed by atoms with Crippen LogP contribution in [-0.4, -0.2) is 44.5 Å². The van der Waals surface area contributed by atoms with Gasteiger partial charge in [-0.3, -0.25) is 4.79 Å². The van der Waals surface area contributed by atoms with Crippen molar-refractivity contribution in [1.82, 2.24) is 19.8 Å². The number of amides is 1. The first-order chi connectivity index (χ1) is 12.0. The van der Waals surface area contributed by atoms with E-state index in [4.69, 9.17) is 10.6 Å². The van der Waals surface area contributed by atoms with Gasteiger partial charge in [-0.25, -0.2) is 4.68 Å². The molecule has 0 aliphatic carbocycles. The van der Waals surface area contributed by atoms with Crippen LogP contribution in [0.3, 0.4) is 0 Å². The molecule has 2 heterocycles. The molecule has 1 aromatic heterocycles. The minimum absolute atomic E-state index is 0.124. The molecule has 0 unspecified atom stereocenters. The van der Waals surface area contributed by atoms with Crippen LogP contribution in [0.4, 0.5) is 0 Å². The second kappa shape index (κ2) is 7.77. The summed E-state index contributed by atoms with van der Waals surface area (Å²) in [5.41, 5.74) is 2.25. The van der Waals surface area contributed by atoms with Crippen LogP contribution in [0.2, 0.25) is 0 Å². The SMILES string of the molecule is Cc1ccc(OCc2nnc(SCC(=O)N3CCCC3)n2N)c(C)c1. The molecule has 0 atom stereocenters. The normalized spacial score (nSPS) is 14.1. The summed E-state index contributed by atoms with van der Waals surface area (Å²) in [5, 5.41) is 8.65. The fourth-order valence-corrected chi connectivity index (χ4v) is 3.57. The van der Waals surface area contributed by atoms with Crippen molar-refractivity contribution in [1.29, 1.82) is 0 Å². The van der Waals surface area contributed by atoms with Crippen molar-refractivity contribution in [2.24, 2.45) is 0 Å². The van der Waals surface area contributed by atoms with Crippen LogP contribution in [-0.2, 0) is 11.4 Å². The Morgan fingerprint density at radius 2 is 2.04 bits per heavy atom. The first kappa shape index (κ1) is 17.6. The van der Waals surface area contributed by atoms with Gasteiger partial charge in [-0.15, -0.1) is 10.2 Å². The number of likely N-dealkylation sites (tertiary alicyclic amines) is 1. The zero-order chi connectivity index (χ0) is 17.8. The quantitative estimate of drug-likeness (QED) is 0.625. The summed E-state index contributed by atoms with van der Waals surface area (Å²) < 4.78 is 7.19. The molecule has 1 aliphatic rings. The molecule has 8 heteroatoms. The van der Waals surface area contributed by atoms with Crippen molar-refractivity contribution in [3.05, 3.63) is 35.2 Å². The number of hydrogen-bond donors (Lipinski definition) is 1. The van der Waals surface area contributed by atoms with Gasteiger partial charge >= 0.3 is 0 Å².